The van der Waals surface area contributed by atoms with E-state index in [9.17, 15) is 4.79 Å². The molecular formula is C15H19NO3. The standard InChI is InChI=1S/C15H19NO3/c1-12(17)16-8-3-2-5-13-6-7-14-15(11-13)19-10-4-9-18-14/h2,5-7,11H,3-4,8-10H2,1H3,(H,16,17). The average molecular weight is 261 g/mol. The average Bonchev–Trinajstić information content (AvgIpc) is 2.62. The molecule has 0 bridgehead atoms. The van der Waals surface area contributed by atoms with Gasteiger partial charge in [0.15, 0.2) is 11.5 Å². The van der Waals surface area contributed by atoms with E-state index < -0.39 is 0 Å². The quantitative estimate of drug-likeness (QED) is 0.847. The Balaban J connectivity index is 1.92. The van der Waals surface area contributed by atoms with Crippen molar-refractivity contribution in [3.05, 3.63) is 29.8 Å². The first-order valence-corrected chi connectivity index (χ1v) is 6.56. The first-order chi connectivity index (χ1) is 9.25. The number of amides is 1. The van der Waals surface area contributed by atoms with Gasteiger partial charge in [-0.15, -0.1) is 0 Å². The minimum atomic E-state index is 0.00368. The molecule has 4 heteroatoms. The van der Waals surface area contributed by atoms with Crippen LogP contribution in [0.4, 0.5) is 0 Å². The fourth-order valence-corrected chi connectivity index (χ4v) is 1.83. The molecule has 1 aromatic rings. The van der Waals surface area contributed by atoms with Gasteiger partial charge >= 0.3 is 0 Å². The van der Waals surface area contributed by atoms with E-state index >= 15 is 0 Å². The summed E-state index contributed by atoms with van der Waals surface area (Å²) in [5, 5.41) is 2.76. The highest BCUT2D eigenvalue weighted by atomic mass is 16.5. The van der Waals surface area contributed by atoms with Gasteiger partial charge in [-0.1, -0.05) is 18.2 Å². The van der Waals surface area contributed by atoms with Gasteiger partial charge in [-0.3, -0.25) is 4.79 Å². The van der Waals surface area contributed by atoms with E-state index in [1.54, 1.807) is 0 Å². The predicted molar refractivity (Wildman–Crippen MR) is 74.4 cm³/mol. The molecule has 1 aliphatic heterocycles. The number of hydrogen-bond donors (Lipinski definition) is 1. The lowest BCUT2D eigenvalue weighted by molar-refractivity contribution is -0.118. The Morgan fingerprint density at radius 3 is 2.89 bits per heavy atom. The molecule has 0 spiro atoms. The minimum absolute atomic E-state index is 0.00368. The van der Waals surface area contributed by atoms with Crippen LogP contribution in [0.25, 0.3) is 6.08 Å². The maximum atomic E-state index is 10.7. The third-order valence-corrected chi connectivity index (χ3v) is 2.77. The molecule has 0 unspecified atom stereocenters. The van der Waals surface area contributed by atoms with Crippen LogP contribution in [0.5, 0.6) is 11.5 Å². The lowest BCUT2D eigenvalue weighted by Gasteiger charge is -2.07. The van der Waals surface area contributed by atoms with Gasteiger partial charge in [-0.2, -0.15) is 0 Å². The maximum absolute atomic E-state index is 10.7. The molecule has 0 aliphatic carbocycles. The molecule has 1 amide bonds. The highest BCUT2D eigenvalue weighted by Gasteiger charge is 2.09. The maximum Gasteiger partial charge on any atom is 0.216 e. The van der Waals surface area contributed by atoms with Gasteiger partial charge in [0.05, 0.1) is 13.2 Å². The van der Waals surface area contributed by atoms with Gasteiger partial charge in [-0.05, 0) is 24.1 Å². The highest BCUT2D eigenvalue weighted by molar-refractivity contribution is 5.72. The molecule has 0 aromatic heterocycles. The van der Waals surface area contributed by atoms with Crippen LogP contribution in [0.15, 0.2) is 24.3 Å². The van der Waals surface area contributed by atoms with E-state index in [-0.39, 0.29) is 5.91 Å². The van der Waals surface area contributed by atoms with E-state index in [2.05, 4.69) is 5.32 Å². The summed E-state index contributed by atoms with van der Waals surface area (Å²) in [4.78, 5) is 10.7. The minimum Gasteiger partial charge on any atom is -0.490 e. The number of ether oxygens (including phenoxy) is 2. The Morgan fingerprint density at radius 1 is 1.32 bits per heavy atom. The summed E-state index contributed by atoms with van der Waals surface area (Å²) in [6.07, 6.45) is 5.79. The molecule has 1 aliphatic rings. The first kappa shape index (κ1) is 13.5. The number of benzene rings is 1. The van der Waals surface area contributed by atoms with E-state index in [0.717, 1.165) is 29.9 Å². The largest absolute Gasteiger partial charge is 0.490 e. The van der Waals surface area contributed by atoms with E-state index in [1.807, 2.05) is 30.4 Å². The fraction of sp³-hybridized carbons (Fsp3) is 0.400. The van der Waals surface area contributed by atoms with Gasteiger partial charge < -0.3 is 14.8 Å². The molecule has 0 saturated heterocycles. The zero-order chi connectivity index (χ0) is 13.5. The zero-order valence-electron chi connectivity index (χ0n) is 11.1. The molecule has 2 rings (SSSR count). The second kappa shape index (κ2) is 6.83. The Morgan fingerprint density at radius 2 is 2.11 bits per heavy atom. The van der Waals surface area contributed by atoms with Crippen molar-refractivity contribution in [2.75, 3.05) is 19.8 Å². The van der Waals surface area contributed by atoms with Crippen LogP contribution in [0.1, 0.15) is 25.3 Å². The number of carbonyl (C=O) groups excluding carboxylic acids is 1. The highest BCUT2D eigenvalue weighted by Crippen LogP contribution is 2.30. The van der Waals surface area contributed by atoms with Crippen LogP contribution in [0.3, 0.4) is 0 Å². The molecule has 102 valence electrons. The number of rotatable bonds is 4. The molecule has 1 aromatic carbocycles. The lowest BCUT2D eigenvalue weighted by Crippen LogP contribution is -2.20. The van der Waals surface area contributed by atoms with Crippen LogP contribution in [-0.2, 0) is 4.79 Å². The second-order valence-electron chi connectivity index (χ2n) is 4.43. The third kappa shape index (κ3) is 4.32. The number of carbonyl (C=O) groups is 1. The number of fused-ring (bicyclic) bond motifs is 1. The second-order valence-corrected chi connectivity index (χ2v) is 4.43. The Bertz CT molecular complexity index is 468. The lowest BCUT2D eigenvalue weighted by atomic mass is 10.1. The SMILES string of the molecule is CC(=O)NCCC=Cc1ccc2c(c1)OCCCO2. The predicted octanol–water partition coefficient (Wildman–Crippen LogP) is 2.39. The van der Waals surface area contributed by atoms with Crippen LogP contribution < -0.4 is 14.8 Å². The molecule has 4 nitrogen and oxygen atoms in total. The van der Waals surface area contributed by atoms with E-state index in [1.165, 1.54) is 6.92 Å². The number of nitrogens with one attached hydrogen (secondary N) is 1. The van der Waals surface area contributed by atoms with Crippen LogP contribution >= 0.6 is 0 Å². The molecule has 0 fully saturated rings. The summed E-state index contributed by atoms with van der Waals surface area (Å²) in [7, 11) is 0. The topological polar surface area (TPSA) is 47.6 Å². The molecule has 1 heterocycles. The number of hydrogen-bond acceptors (Lipinski definition) is 3. The monoisotopic (exact) mass is 261 g/mol. The van der Waals surface area contributed by atoms with Crippen molar-refractivity contribution in [2.45, 2.75) is 19.8 Å². The third-order valence-electron chi connectivity index (χ3n) is 2.77. The van der Waals surface area contributed by atoms with Crippen LogP contribution in [0, 0.1) is 0 Å². The van der Waals surface area contributed by atoms with Gasteiger partial charge in [0.1, 0.15) is 0 Å². The summed E-state index contributed by atoms with van der Waals surface area (Å²) in [5.74, 6) is 1.62. The van der Waals surface area contributed by atoms with Crippen molar-refractivity contribution in [1.29, 1.82) is 0 Å². The van der Waals surface area contributed by atoms with Gasteiger partial charge in [-0.25, -0.2) is 0 Å². The molecule has 1 N–H and O–H groups in total. The molecule has 0 radical (unpaired) electrons. The van der Waals surface area contributed by atoms with Gasteiger partial charge in [0.25, 0.3) is 0 Å². The summed E-state index contributed by atoms with van der Waals surface area (Å²) in [5.41, 5.74) is 1.08. The van der Waals surface area contributed by atoms with Crippen molar-refractivity contribution in [1.82, 2.24) is 5.32 Å². The molecule has 19 heavy (non-hydrogen) atoms. The summed E-state index contributed by atoms with van der Waals surface area (Å²) < 4.78 is 11.2. The van der Waals surface area contributed by atoms with Crippen molar-refractivity contribution in [3.63, 3.8) is 0 Å². The van der Waals surface area contributed by atoms with E-state index in [4.69, 9.17) is 9.47 Å². The molecular weight excluding hydrogens is 242 g/mol. The smallest absolute Gasteiger partial charge is 0.216 e. The molecule has 0 saturated carbocycles. The van der Waals surface area contributed by atoms with Crippen molar-refractivity contribution in [3.8, 4) is 11.5 Å². The van der Waals surface area contributed by atoms with Crippen molar-refractivity contribution < 1.29 is 14.3 Å². The Kier molecular flexibility index (Phi) is 4.84. The summed E-state index contributed by atoms with van der Waals surface area (Å²) in [6, 6.07) is 5.92. The van der Waals surface area contributed by atoms with Gasteiger partial charge in [0, 0.05) is 19.9 Å². The molecule has 0 atom stereocenters. The van der Waals surface area contributed by atoms with Gasteiger partial charge in [0.2, 0.25) is 5.91 Å². The summed E-state index contributed by atoms with van der Waals surface area (Å²) in [6.45, 7) is 3.59. The Hall–Kier alpha value is -1.97. The first-order valence-electron chi connectivity index (χ1n) is 6.56. The fourth-order valence-electron chi connectivity index (χ4n) is 1.83. The van der Waals surface area contributed by atoms with Crippen molar-refractivity contribution in [2.24, 2.45) is 0 Å². The van der Waals surface area contributed by atoms with E-state index in [0.29, 0.717) is 19.8 Å². The normalized spacial score (nSPS) is 14.2. The Labute approximate surface area is 113 Å². The summed E-state index contributed by atoms with van der Waals surface area (Å²) >= 11 is 0. The zero-order valence-corrected chi connectivity index (χ0v) is 11.1. The van der Waals surface area contributed by atoms with Crippen LogP contribution in [-0.4, -0.2) is 25.7 Å². The van der Waals surface area contributed by atoms with Crippen molar-refractivity contribution >= 4 is 12.0 Å². The van der Waals surface area contributed by atoms with Crippen LogP contribution in [0.2, 0.25) is 0 Å².